The van der Waals surface area contributed by atoms with Crippen molar-refractivity contribution in [1.82, 2.24) is 9.78 Å². The number of nitrogens with zero attached hydrogens (tertiary/aromatic N) is 2. The van der Waals surface area contributed by atoms with E-state index in [-0.39, 0.29) is 23.7 Å². The molecule has 0 saturated heterocycles. The predicted molar refractivity (Wildman–Crippen MR) is 116 cm³/mol. The average Bonchev–Trinajstić information content (AvgIpc) is 3.19. The molecule has 1 aromatic carbocycles. The highest BCUT2D eigenvalue weighted by atomic mass is 35.5. The summed E-state index contributed by atoms with van der Waals surface area (Å²) in [6, 6.07) is 7.39. The molecule has 4 rings (SSSR count). The van der Waals surface area contributed by atoms with Crippen LogP contribution in [-0.4, -0.2) is 54.7 Å². The normalized spacial score (nSPS) is 22.2. The van der Waals surface area contributed by atoms with E-state index >= 15 is 0 Å². The van der Waals surface area contributed by atoms with Gasteiger partial charge in [-0.05, 0) is 36.6 Å². The minimum absolute atomic E-state index is 0.000873. The first-order valence-electron chi connectivity index (χ1n) is 10.9. The van der Waals surface area contributed by atoms with Gasteiger partial charge in [-0.1, -0.05) is 18.5 Å². The molecule has 0 saturated carbocycles. The van der Waals surface area contributed by atoms with Crippen molar-refractivity contribution in [2.24, 2.45) is 5.92 Å². The summed E-state index contributed by atoms with van der Waals surface area (Å²) in [5, 5.41) is 5.15. The fourth-order valence-corrected chi connectivity index (χ4v) is 4.24. The van der Waals surface area contributed by atoms with Gasteiger partial charge < -0.3 is 18.9 Å². The van der Waals surface area contributed by atoms with Crippen molar-refractivity contribution in [2.75, 3.05) is 33.0 Å². The van der Waals surface area contributed by atoms with Gasteiger partial charge in [-0.2, -0.15) is 5.10 Å². The number of halogens is 1. The van der Waals surface area contributed by atoms with Crippen LogP contribution in [0.1, 0.15) is 48.7 Å². The first-order chi connectivity index (χ1) is 15.0. The number of aromatic nitrogens is 2. The molecule has 0 radical (unpaired) electrons. The van der Waals surface area contributed by atoms with Gasteiger partial charge in [0.05, 0.1) is 26.4 Å². The van der Waals surface area contributed by atoms with E-state index in [0.717, 1.165) is 17.7 Å². The third-order valence-electron chi connectivity index (χ3n) is 5.93. The van der Waals surface area contributed by atoms with E-state index < -0.39 is 0 Å². The second kappa shape index (κ2) is 10.0. The van der Waals surface area contributed by atoms with Crippen LogP contribution in [0.4, 0.5) is 0 Å². The predicted octanol–water partition coefficient (Wildman–Crippen LogP) is 4.13. The second-order valence-electron chi connectivity index (χ2n) is 8.06. The van der Waals surface area contributed by atoms with Gasteiger partial charge in [0.15, 0.2) is 5.78 Å². The van der Waals surface area contributed by atoms with Crippen molar-refractivity contribution >= 4 is 17.4 Å². The Hall–Kier alpha value is -2.09. The van der Waals surface area contributed by atoms with Gasteiger partial charge >= 0.3 is 0 Å². The van der Waals surface area contributed by atoms with Crippen molar-refractivity contribution in [3.05, 3.63) is 40.5 Å². The maximum absolute atomic E-state index is 13.0. The minimum Gasteiger partial charge on any atom is -0.493 e. The molecule has 3 heterocycles. The summed E-state index contributed by atoms with van der Waals surface area (Å²) in [5.41, 5.74) is 1.49. The molecule has 168 valence electrons. The van der Waals surface area contributed by atoms with Crippen LogP contribution >= 0.6 is 11.6 Å². The van der Waals surface area contributed by atoms with Crippen molar-refractivity contribution < 1.29 is 23.7 Å². The summed E-state index contributed by atoms with van der Waals surface area (Å²) in [7, 11) is 0. The fraction of sp³-hybridized carbons (Fsp3) is 0.565. The van der Waals surface area contributed by atoms with E-state index in [9.17, 15) is 4.79 Å². The molecule has 2 aliphatic rings. The lowest BCUT2D eigenvalue weighted by Gasteiger charge is -2.31. The van der Waals surface area contributed by atoms with Crippen molar-refractivity contribution in [3.63, 3.8) is 0 Å². The number of rotatable bonds is 9. The molecule has 0 bridgehead atoms. The number of Topliss-reactive ketones (excluding diaryl/α,β-unsaturated/α-hetero) is 1. The smallest absolute Gasteiger partial charge is 0.212 e. The van der Waals surface area contributed by atoms with Crippen LogP contribution in [0.3, 0.4) is 0 Å². The third-order valence-corrected chi connectivity index (χ3v) is 6.16. The first kappa shape index (κ1) is 22.1. The largest absolute Gasteiger partial charge is 0.493 e. The zero-order valence-corrected chi connectivity index (χ0v) is 18.8. The molecule has 0 amide bonds. The number of aryl methyl sites for hydroxylation is 1. The van der Waals surface area contributed by atoms with Crippen molar-refractivity contribution in [2.45, 2.75) is 45.3 Å². The molecule has 7 nitrogen and oxygen atoms in total. The van der Waals surface area contributed by atoms with E-state index in [4.69, 9.17) is 30.5 Å². The van der Waals surface area contributed by atoms with E-state index in [1.165, 1.54) is 0 Å². The standard InChI is InChI=1S/C23H29ClN2O5/c1-3-28-8-9-29-14-18-6-7-26-23(31-18)12-20(25-26)21(27)10-16-13-30-22-5-4-17(24)11-19(22)15(16)2/h4-5,11-12,15-16,18H,3,6-10,13-14H2,1-2H3. The van der Waals surface area contributed by atoms with Crippen LogP contribution in [0.15, 0.2) is 24.3 Å². The highest BCUT2D eigenvalue weighted by Crippen LogP contribution is 2.40. The quantitative estimate of drug-likeness (QED) is 0.424. The van der Waals surface area contributed by atoms with E-state index in [2.05, 4.69) is 12.0 Å². The Kier molecular flexibility index (Phi) is 7.15. The Balaban J connectivity index is 1.34. The lowest BCUT2D eigenvalue weighted by Crippen LogP contribution is -2.30. The third kappa shape index (κ3) is 5.22. The van der Waals surface area contributed by atoms with Gasteiger partial charge in [0.1, 0.15) is 17.5 Å². The number of benzene rings is 1. The zero-order valence-electron chi connectivity index (χ0n) is 18.0. The Labute approximate surface area is 187 Å². The molecule has 3 unspecified atom stereocenters. The number of carbonyl (C=O) groups is 1. The molecule has 8 heteroatoms. The highest BCUT2D eigenvalue weighted by molar-refractivity contribution is 6.30. The molecule has 0 spiro atoms. The summed E-state index contributed by atoms with van der Waals surface area (Å²) in [6.07, 6.45) is 1.12. The minimum atomic E-state index is -0.0400. The molecule has 0 aliphatic carbocycles. The SMILES string of the molecule is CCOCCOCC1CCn2nc(C(=O)CC3COc4ccc(Cl)cc4C3C)cc2O1. The Morgan fingerprint density at radius 2 is 2.13 bits per heavy atom. The maximum Gasteiger partial charge on any atom is 0.212 e. The molecule has 31 heavy (non-hydrogen) atoms. The fourth-order valence-electron chi connectivity index (χ4n) is 4.06. The van der Waals surface area contributed by atoms with E-state index in [1.54, 1.807) is 10.7 Å². The van der Waals surface area contributed by atoms with Gasteiger partial charge in [0.25, 0.3) is 0 Å². The maximum atomic E-state index is 13.0. The molecule has 0 fully saturated rings. The Bertz CT molecular complexity index is 915. The Morgan fingerprint density at radius 3 is 2.97 bits per heavy atom. The average molecular weight is 449 g/mol. The van der Waals surface area contributed by atoms with Crippen LogP contribution in [0, 0.1) is 5.92 Å². The van der Waals surface area contributed by atoms with Crippen molar-refractivity contribution in [3.8, 4) is 11.6 Å². The molecule has 2 aromatic rings. The molecular formula is C23H29ClN2O5. The summed E-state index contributed by atoms with van der Waals surface area (Å²) < 4.78 is 24.5. The number of fused-ring (bicyclic) bond motifs is 2. The van der Waals surface area contributed by atoms with Gasteiger partial charge in [-0.25, -0.2) is 4.68 Å². The van der Waals surface area contributed by atoms with Gasteiger partial charge in [0.2, 0.25) is 5.88 Å². The Morgan fingerprint density at radius 1 is 1.29 bits per heavy atom. The number of carbonyl (C=O) groups excluding carboxylic acids is 1. The van der Waals surface area contributed by atoms with Crippen LogP contribution in [-0.2, 0) is 16.0 Å². The van der Waals surface area contributed by atoms with Crippen LogP contribution in [0.5, 0.6) is 11.6 Å². The summed E-state index contributed by atoms with van der Waals surface area (Å²) in [6.45, 7) is 7.61. The monoisotopic (exact) mass is 448 g/mol. The van der Waals surface area contributed by atoms with E-state index in [1.807, 2.05) is 25.1 Å². The van der Waals surface area contributed by atoms with Crippen LogP contribution in [0.25, 0.3) is 0 Å². The van der Waals surface area contributed by atoms with E-state index in [0.29, 0.717) is 62.6 Å². The van der Waals surface area contributed by atoms with Crippen molar-refractivity contribution in [1.29, 1.82) is 0 Å². The summed E-state index contributed by atoms with van der Waals surface area (Å²) in [5.74, 6) is 1.72. The van der Waals surface area contributed by atoms with Gasteiger partial charge in [-0.3, -0.25) is 4.79 Å². The summed E-state index contributed by atoms with van der Waals surface area (Å²) in [4.78, 5) is 13.0. The topological polar surface area (TPSA) is 71.8 Å². The summed E-state index contributed by atoms with van der Waals surface area (Å²) >= 11 is 6.15. The first-order valence-corrected chi connectivity index (χ1v) is 11.3. The number of hydrogen-bond donors (Lipinski definition) is 0. The molecule has 0 N–H and O–H groups in total. The van der Waals surface area contributed by atoms with Gasteiger partial charge in [0, 0.05) is 43.0 Å². The molecular weight excluding hydrogens is 420 g/mol. The number of hydrogen-bond acceptors (Lipinski definition) is 6. The van der Waals surface area contributed by atoms with Crippen LogP contribution in [0.2, 0.25) is 5.02 Å². The highest BCUT2D eigenvalue weighted by Gasteiger charge is 2.31. The lowest BCUT2D eigenvalue weighted by atomic mass is 9.82. The number of ketones is 1. The zero-order chi connectivity index (χ0) is 21.8. The molecule has 2 aliphatic heterocycles. The van der Waals surface area contributed by atoms with Crippen LogP contribution < -0.4 is 9.47 Å². The van der Waals surface area contributed by atoms with Gasteiger partial charge in [-0.15, -0.1) is 0 Å². The molecule has 3 atom stereocenters. The number of ether oxygens (including phenoxy) is 4. The second-order valence-corrected chi connectivity index (χ2v) is 8.50. The lowest BCUT2D eigenvalue weighted by molar-refractivity contribution is 0.000218. The molecule has 1 aromatic heterocycles.